The molecule has 134 valence electrons. The van der Waals surface area contributed by atoms with Crippen LogP contribution in [0.2, 0.25) is 0 Å². The van der Waals surface area contributed by atoms with Crippen molar-refractivity contribution in [1.29, 1.82) is 0 Å². The average molecular weight is 336 g/mol. The summed E-state index contributed by atoms with van der Waals surface area (Å²) in [6.07, 6.45) is 5.79. The fraction of sp³-hybridized carbons (Fsp3) is 0.824. The molecule has 1 amide bonds. The molecular weight excluding hydrogens is 308 g/mol. The Labute approximate surface area is 143 Å². The number of nitrogens with zero attached hydrogens (tertiary/aromatic N) is 4. The molecule has 0 spiro atoms. The number of ether oxygens (including phenoxy) is 1. The molecule has 2 heterocycles. The molecule has 1 saturated carbocycles. The van der Waals surface area contributed by atoms with E-state index in [1.807, 2.05) is 18.9 Å². The highest BCUT2D eigenvalue weighted by atomic mass is 16.5. The SMILES string of the molecule is Cc1nnc([C@H]2CN(CC(=O)N(C)C3CCCCC3)C[C@@H](C)O2)o1. The number of likely N-dealkylation sites (N-methyl/N-ethyl adjacent to an activating group) is 1. The van der Waals surface area contributed by atoms with Gasteiger partial charge in [0.25, 0.3) is 0 Å². The fourth-order valence-electron chi connectivity index (χ4n) is 3.72. The van der Waals surface area contributed by atoms with Crippen LogP contribution in [0.15, 0.2) is 4.42 Å². The normalized spacial score (nSPS) is 26.5. The lowest BCUT2D eigenvalue weighted by Crippen LogP contribution is -2.49. The summed E-state index contributed by atoms with van der Waals surface area (Å²) in [5.74, 6) is 1.22. The van der Waals surface area contributed by atoms with Crippen molar-refractivity contribution in [3.05, 3.63) is 11.8 Å². The van der Waals surface area contributed by atoms with Crippen molar-refractivity contribution in [3.8, 4) is 0 Å². The number of rotatable bonds is 4. The van der Waals surface area contributed by atoms with E-state index in [4.69, 9.17) is 9.15 Å². The number of carbonyl (C=O) groups excluding carboxylic acids is 1. The van der Waals surface area contributed by atoms with Gasteiger partial charge >= 0.3 is 0 Å². The van der Waals surface area contributed by atoms with Crippen molar-refractivity contribution in [2.75, 3.05) is 26.7 Å². The molecule has 0 unspecified atom stereocenters. The Balaban J connectivity index is 1.58. The third-order valence-electron chi connectivity index (χ3n) is 5.03. The van der Waals surface area contributed by atoms with Crippen LogP contribution >= 0.6 is 0 Å². The van der Waals surface area contributed by atoms with Crippen LogP contribution in [-0.4, -0.2) is 64.7 Å². The van der Waals surface area contributed by atoms with E-state index in [2.05, 4.69) is 15.1 Å². The third-order valence-corrected chi connectivity index (χ3v) is 5.03. The number of aryl methyl sites for hydroxylation is 1. The molecule has 24 heavy (non-hydrogen) atoms. The van der Waals surface area contributed by atoms with Gasteiger partial charge in [-0.05, 0) is 19.8 Å². The van der Waals surface area contributed by atoms with Gasteiger partial charge in [0, 0.05) is 33.1 Å². The highest BCUT2D eigenvalue weighted by Crippen LogP contribution is 2.25. The van der Waals surface area contributed by atoms with Crippen LogP contribution in [0.5, 0.6) is 0 Å². The van der Waals surface area contributed by atoms with Gasteiger partial charge in [0.05, 0.1) is 12.6 Å². The largest absolute Gasteiger partial charge is 0.423 e. The van der Waals surface area contributed by atoms with E-state index in [0.29, 0.717) is 30.9 Å². The van der Waals surface area contributed by atoms with Crippen molar-refractivity contribution in [1.82, 2.24) is 20.0 Å². The fourth-order valence-corrected chi connectivity index (χ4v) is 3.72. The van der Waals surface area contributed by atoms with E-state index in [-0.39, 0.29) is 18.1 Å². The molecule has 1 saturated heterocycles. The van der Waals surface area contributed by atoms with Gasteiger partial charge in [-0.1, -0.05) is 19.3 Å². The number of amides is 1. The molecule has 1 aliphatic heterocycles. The van der Waals surface area contributed by atoms with Crippen molar-refractivity contribution in [3.63, 3.8) is 0 Å². The first-order chi connectivity index (χ1) is 11.5. The van der Waals surface area contributed by atoms with Crippen LogP contribution in [0.3, 0.4) is 0 Å². The molecule has 3 rings (SSSR count). The van der Waals surface area contributed by atoms with Gasteiger partial charge in [-0.25, -0.2) is 0 Å². The Kier molecular flexibility index (Phi) is 5.50. The number of morpholine rings is 1. The molecule has 7 nitrogen and oxygen atoms in total. The van der Waals surface area contributed by atoms with Gasteiger partial charge in [0.15, 0.2) is 0 Å². The minimum absolute atomic E-state index is 0.0312. The first kappa shape index (κ1) is 17.4. The van der Waals surface area contributed by atoms with Gasteiger partial charge in [-0.3, -0.25) is 9.69 Å². The molecule has 2 atom stereocenters. The molecule has 0 radical (unpaired) electrons. The summed E-state index contributed by atoms with van der Waals surface area (Å²) in [6.45, 7) is 5.55. The maximum absolute atomic E-state index is 12.7. The molecule has 1 aliphatic carbocycles. The predicted octanol–water partition coefficient (Wildman–Crippen LogP) is 1.93. The first-order valence-corrected chi connectivity index (χ1v) is 8.96. The summed E-state index contributed by atoms with van der Waals surface area (Å²) in [5.41, 5.74) is 0. The van der Waals surface area contributed by atoms with E-state index < -0.39 is 0 Å². The van der Waals surface area contributed by atoms with E-state index in [1.54, 1.807) is 6.92 Å². The molecule has 2 fully saturated rings. The van der Waals surface area contributed by atoms with Gasteiger partial charge in [0.2, 0.25) is 17.7 Å². The van der Waals surface area contributed by atoms with Crippen LogP contribution in [0, 0.1) is 6.92 Å². The van der Waals surface area contributed by atoms with Crippen LogP contribution < -0.4 is 0 Å². The molecule has 1 aromatic rings. The lowest BCUT2D eigenvalue weighted by Gasteiger charge is -2.37. The summed E-state index contributed by atoms with van der Waals surface area (Å²) in [6, 6.07) is 0.402. The monoisotopic (exact) mass is 336 g/mol. The van der Waals surface area contributed by atoms with Gasteiger partial charge in [-0.15, -0.1) is 10.2 Å². The van der Waals surface area contributed by atoms with Crippen molar-refractivity contribution in [2.24, 2.45) is 0 Å². The summed E-state index contributed by atoms with van der Waals surface area (Å²) in [5, 5.41) is 7.93. The van der Waals surface area contributed by atoms with Crippen molar-refractivity contribution >= 4 is 5.91 Å². The summed E-state index contributed by atoms with van der Waals surface area (Å²) < 4.78 is 11.4. The average Bonchev–Trinajstić information content (AvgIpc) is 3.01. The maximum Gasteiger partial charge on any atom is 0.246 e. The lowest BCUT2D eigenvalue weighted by molar-refractivity contribution is -0.138. The van der Waals surface area contributed by atoms with Crippen molar-refractivity contribution in [2.45, 2.75) is 64.2 Å². The predicted molar refractivity (Wildman–Crippen MR) is 88.4 cm³/mol. The Bertz CT molecular complexity index is 556. The zero-order valence-electron chi connectivity index (χ0n) is 14.9. The maximum atomic E-state index is 12.7. The van der Waals surface area contributed by atoms with Crippen molar-refractivity contribution < 1.29 is 13.9 Å². The second-order valence-corrected chi connectivity index (χ2v) is 7.09. The quantitative estimate of drug-likeness (QED) is 0.837. The molecule has 0 N–H and O–H groups in total. The third kappa shape index (κ3) is 4.13. The Morgan fingerprint density at radius 1 is 1.25 bits per heavy atom. The summed E-state index contributed by atoms with van der Waals surface area (Å²) in [7, 11) is 1.95. The van der Waals surface area contributed by atoms with E-state index >= 15 is 0 Å². The van der Waals surface area contributed by atoms with Crippen LogP contribution in [0.4, 0.5) is 0 Å². The Morgan fingerprint density at radius 3 is 2.67 bits per heavy atom. The van der Waals surface area contributed by atoms with Crippen LogP contribution in [0.1, 0.15) is 56.9 Å². The summed E-state index contributed by atoms with van der Waals surface area (Å²) in [4.78, 5) is 16.7. The highest BCUT2D eigenvalue weighted by molar-refractivity contribution is 5.78. The minimum atomic E-state index is -0.261. The van der Waals surface area contributed by atoms with Gasteiger partial charge < -0.3 is 14.1 Å². The van der Waals surface area contributed by atoms with Gasteiger partial charge in [-0.2, -0.15) is 0 Å². The molecule has 1 aromatic heterocycles. The minimum Gasteiger partial charge on any atom is -0.423 e. The molecule has 7 heteroatoms. The first-order valence-electron chi connectivity index (χ1n) is 8.96. The smallest absolute Gasteiger partial charge is 0.246 e. The standard InChI is InChI=1S/C17H28N4O3/c1-12-9-21(10-15(23-12)17-19-18-13(2)24-17)11-16(22)20(3)14-7-5-4-6-8-14/h12,14-15H,4-11H2,1-3H3/t12-,15-/m1/s1. The lowest BCUT2D eigenvalue weighted by atomic mass is 9.94. The second-order valence-electron chi connectivity index (χ2n) is 7.09. The summed E-state index contributed by atoms with van der Waals surface area (Å²) >= 11 is 0. The van der Waals surface area contributed by atoms with Crippen LogP contribution in [0.25, 0.3) is 0 Å². The Hall–Kier alpha value is -1.47. The van der Waals surface area contributed by atoms with E-state index in [1.165, 1.54) is 19.3 Å². The zero-order chi connectivity index (χ0) is 17.1. The molecule has 0 bridgehead atoms. The van der Waals surface area contributed by atoms with E-state index in [0.717, 1.165) is 19.4 Å². The number of hydrogen-bond acceptors (Lipinski definition) is 6. The number of carbonyl (C=O) groups is 1. The molecular formula is C17H28N4O3. The number of aromatic nitrogens is 2. The van der Waals surface area contributed by atoms with Crippen LogP contribution in [-0.2, 0) is 9.53 Å². The van der Waals surface area contributed by atoms with Gasteiger partial charge in [0.1, 0.15) is 6.10 Å². The zero-order valence-corrected chi connectivity index (χ0v) is 14.9. The Morgan fingerprint density at radius 2 is 2.00 bits per heavy atom. The molecule has 0 aromatic carbocycles. The second kappa shape index (κ2) is 7.61. The molecule has 2 aliphatic rings. The topological polar surface area (TPSA) is 71.7 Å². The highest BCUT2D eigenvalue weighted by Gasteiger charge is 2.32. The van der Waals surface area contributed by atoms with E-state index in [9.17, 15) is 4.79 Å². The number of hydrogen-bond donors (Lipinski definition) is 0.